The van der Waals surface area contributed by atoms with Gasteiger partial charge in [-0.2, -0.15) is 0 Å². The third-order valence-corrected chi connectivity index (χ3v) is 7.95. The standard InChI is InChI=1S/C21H41N3O4.C7H8.C3H8.C2H6NO3P/c1-8-15(4)20(23(5)19(26)13-22)17(27-6)12-18(25)24-11-9-10-16(24)21(28-7)14(2)3;1-7-5-3-2-4-6-7;1-3-2;4-1-3-2-7(5)6/h14-17,20-21H,8-13,22H2,1-7H3;2-6H,1H3;3H2,1-2H3;1,5-6H,2H2,(H,3,4). The number of methoxy groups -OCH3 is 2. The van der Waals surface area contributed by atoms with Gasteiger partial charge in [0.2, 0.25) is 18.2 Å². The quantitative estimate of drug-likeness (QED) is 0.171. The van der Waals surface area contributed by atoms with Crippen molar-refractivity contribution in [2.45, 2.75) is 105 Å². The Hall–Kier alpha value is -2.14. The Bertz CT molecular complexity index is 895. The Kier molecular flexibility index (Phi) is 27.0. The van der Waals surface area contributed by atoms with Crippen LogP contribution in [0.4, 0.5) is 0 Å². The van der Waals surface area contributed by atoms with Gasteiger partial charge in [-0.25, -0.2) is 0 Å². The predicted molar refractivity (Wildman–Crippen MR) is 183 cm³/mol. The normalized spacial score (nSPS) is 16.5. The lowest BCUT2D eigenvalue weighted by Gasteiger charge is -2.39. The van der Waals surface area contributed by atoms with Gasteiger partial charge < -0.3 is 40.1 Å². The maximum atomic E-state index is 13.2. The van der Waals surface area contributed by atoms with E-state index in [9.17, 15) is 14.4 Å². The first-order chi connectivity index (χ1) is 21.3. The Morgan fingerprint density at radius 1 is 1.13 bits per heavy atom. The van der Waals surface area contributed by atoms with Crippen molar-refractivity contribution in [2.75, 3.05) is 40.6 Å². The van der Waals surface area contributed by atoms with E-state index in [4.69, 9.17) is 25.0 Å². The zero-order chi connectivity index (χ0) is 34.9. The van der Waals surface area contributed by atoms with E-state index in [1.54, 1.807) is 26.2 Å². The summed E-state index contributed by atoms with van der Waals surface area (Å²) in [7, 11) is 3.13. The largest absolute Gasteiger partial charge is 0.379 e. The van der Waals surface area contributed by atoms with Gasteiger partial charge in [0, 0.05) is 27.8 Å². The number of nitrogens with zero attached hydrogens (tertiary/aromatic N) is 2. The molecule has 5 unspecified atom stereocenters. The monoisotopic (exact) mass is 658 g/mol. The summed E-state index contributed by atoms with van der Waals surface area (Å²) in [4.78, 5) is 54.6. The fraction of sp³-hybridized carbons (Fsp3) is 0.727. The highest BCUT2D eigenvalue weighted by Crippen LogP contribution is 2.28. The van der Waals surface area contributed by atoms with Gasteiger partial charge in [-0.1, -0.05) is 90.3 Å². The molecule has 1 aliphatic heterocycles. The number of benzene rings is 1. The number of rotatable bonds is 14. The van der Waals surface area contributed by atoms with E-state index in [-0.39, 0.29) is 61.3 Å². The van der Waals surface area contributed by atoms with E-state index in [1.165, 1.54) is 12.0 Å². The van der Waals surface area contributed by atoms with Crippen molar-refractivity contribution in [1.29, 1.82) is 0 Å². The van der Waals surface area contributed by atoms with Crippen molar-refractivity contribution in [3.8, 4) is 0 Å². The summed E-state index contributed by atoms with van der Waals surface area (Å²) in [6.45, 7) is 15.4. The van der Waals surface area contributed by atoms with Crippen LogP contribution in [0.3, 0.4) is 0 Å². The van der Waals surface area contributed by atoms with E-state index in [0.29, 0.717) is 12.3 Å². The van der Waals surface area contributed by atoms with Crippen molar-refractivity contribution in [2.24, 2.45) is 17.6 Å². The molecule has 11 nitrogen and oxygen atoms in total. The first kappa shape index (κ1) is 45.0. The van der Waals surface area contributed by atoms with Crippen LogP contribution in [-0.2, 0) is 23.9 Å². The molecule has 1 heterocycles. The third-order valence-electron chi connectivity index (χ3n) is 7.49. The van der Waals surface area contributed by atoms with Crippen LogP contribution in [0.2, 0.25) is 0 Å². The second kappa shape index (κ2) is 27.0. The zero-order valence-electron chi connectivity index (χ0n) is 29.4. The molecule has 5 N–H and O–H groups in total. The molecule has 12 heteroatoms. The molecule has 5 atom stereocenters. The molecular formula is C33H63N4O7P. The summed E-state index contributed by atoms with van der Waals surface area (Å²) in [6, 6.07) is 10.2. The molecule has 0 aliphatic carbocycles. The molecular weight excluding hydrogens is 595 g/mol. The molecule has 45 heavy (non-hydrogen) atoms. The van der Waals surface area contributed by atoms with Crippen LogP contribution in [0.1, 0.15) is 79.2 Å². The van der Waals surface area contributed by atoms with Crippen molar-refractivity contribution in [1.82, 2.24) is 15.1 Å². The number of nitrogens with two attached hydrogens (primary N) is 1. The number of likely N-dealkylation sites (tertiary alicyclic amines) is 1. The molecule has 0 saturated carbocycles. The Morgan fingerprint density at radius 2 is 1.71 bits per heavy atom. The Balaban J connectivity index is 0. The number of hydrogen-bond acceptors (Lipinski definition) is 8. The van der Waals surface area contributed by atoms with Crippen LogP contribution >= 0.6 is 8.38 Å². The fourth-order valence-electron chi connectivity index (χ4n) is 5.15. The topological polar surface area (TPSA) is 155 Å². The van der Waals surface area contributed by atoms with Crippen molar-refractivity contribution in [3.05, 3.63) is 35.9 Å². The van der Waals surface area contributed by atoms with E-state index in [0.717, 1.165) is 25.8 Å². The molecule has 0 radical (unpaired) electrons. The lowest BCUT2D eigenvalue weighted by Crippen LogP contribution is -2.53. The zero-order valence-corrected chi connectivity index (χ0v) is 30.3. The molecule has 1 aromatic rings. The van der Waals surface area contributed by atoms with E-state index in [2.05, 4.69) is 65.9 Å². The maximum Gasteiger partial charge on any atom is 0.236 e. The average molecular weight is 659 g/mol. The lowest BCUT2D eigenvalue weighted by atomic mass is 9.90. The number of likely N-dealkylation sites (N-methyl/N-ethyl adjacent to an activating group) is 1. The predicted octanol–water partition coefficient (Wildman–Crippen LogP) is 4.28. The number of ether oxygens (including phenoxy) is 2. The molecule has 3 amide bonds. The maximum absolute atomic E-state index is 13.2. The number of carbonyl (C=O) groups is 3. The first-order valence-electron chi connectivity index (χ1n) is 16.0. The minimum absolute atomic E-state index is 0.0271. The van der Waals surface area contributed by atoms with Crippen LogP contribution < -0.4 is 11.1 Å². The van der Waals surface area contributed by atoms with Crippen LogP contribution in [0.25, 0.3) is 0 Å². The second-order valence-electron chi connectivity index (χ2n) is 11.5. The van der Waals surface area contributed by atoms with Gasteiger partial charge in [0.25, 0.3) is 0 Å². The van der Waals surface area contributed by atoms with Crippen LogP contribution in [-0.4, -0.2) is 103 Å². The van der Waals surface area contributed by atoms with Gasteiger partial charge in [-0.05, 0) is 31.6 Å². The molecule has 2 rings (SSSR count). The Morgan fingerprint density at radius 3 is 2.07 bits per heavy atom. The summed E-state index contributed by atoms with van der Waals surface area (Å²) < 4.78 is 11.4. The first-order valence-corrected chi connectivity index (χ1v) is 17.4. The SMILES string of the molecule is CCC.CCC(C)C(C(CC(=O)N1CCCC1C(OC)C(C)C)OC)N(C)C(=O)CN.Cc1ccccc1.O=CNCP(O)O. The van der Waals surface area contributed by atoms with Gasteiger partial charge in [0.15, 0.2) is 8.38 Å². The van der Waals surface area contributed by atoms with Crippen molar-refractivity contribution in [3.63, 3.8) is 0 Å². The molecule has 0 spiro atoms. The second-order valence-corrected chi connectivity index (χ2v) is 12.6. The summed E-state index contributed by atoms with van der Waals surface area (Å²) in [6.07, 6.45) is 4.36. The summed E-state index contributed by atoms with van der Waals surface area (Å²) in [5.41, 5.74) is 6.89. The molecule has 262 valence electrons. The minimum atomic E-state index is -1.95. The molecule has 1 aliphatic rings. The highest BCUT2D eigenvalue weighted by Gasteiger charge is 2.39. The van der Waals surface area contributed by atoms with Crippen molar-refractivity contribution >= 4 is 26.6 Å². The highest BCUT2D eigenvalue weighted by atomic mass is 31.2. The van der Waals surface area contributed by atoms with Crippen LogP contribution in [0, 0.1) is 18.8 Å². The Labute approximate surface area is 274 Å². The third kappa shape index (κ3) is 18.6. The van der Waals surface area contributed by atoms with E-state index < -0.39 is 8.38 Å². The smallest absolute Gasteiger partial charge is 0.236 e. The number of hydrogen-bond donors (Lipinski definition) is 4. The van der Waals surface area contributed by atoms with Gasteiger partial charge >= 0.3 is 0 Å². The van der Waals surface area contributed by atoms with Gasteiger partial charge in [0.05, 0.1) is 43.5 Å². The number of aryl methyl sites for hydroxylation is 1. The molecule has 0 aromatic heterocycles. The fourth-order valence-corrected chi connectivity index (χ4v) is 5.39. The van der Waals surface area contributed by atoms with Crippen LogP contribution in [0.5, 0.6) is 0 Å². The number of nitrogens with one attached hydrogen (secondary N) is 1. The molecule has 1 fully saturated rings. The summed E-state index contributed by atoms with van der Waals surface area (Å²) in [5, 5.41) is 2.10. The minimum Gasteiger partial charge on any atom is -0.379 e. The molecule has 1 aromatic carbocycles. The van der Waals surface area contributed by atoms with E-state index in [1.807, 2.05) is 23.1 Å². The molecule has 1 saturated heterocycles. The number of amides is 3. The van der Waals surface area contributed by atoms with Gasteiger partial charge in [0.1, 0.15) is 0 Å². The summed E-state index contributed by atoms with van der Waals surface area (Å²) in [5.74, 6) is 0.454. The van der Waals surface area contributed by atoms with Crippen molar-refractivity contribution < 1.29 is 33.6 Å². The number of carbonyl (C=O) groups excluding carboxylic acids is 3. The summed E-state index contributed by atoms with van der Waals surface area (Å²) >= 11 is 0. The lowest BCUT2D eigenvalue weighted by molar-refractivity contribution is -0.143. The van der Waals surface area contributed by atoms with Gasteiger partial charge in [-0.15, -0.1) is 0 Å². The highest BCUT2D eigenvalue weighted by molar-refractivity contribution is 7.45. The van der Waals surface area contributed by atoms with Crippen LogP contribution in [0.15, 0.2) is 30.3 Å². The van der Waals surface area contributed by atoms with Gasteiger partial charge in [-0.3, -0.25) is 14.4 Å². The average Bonchev–Trinajstić information content (AvgIpc) is 3.50. The van der Waals surface area contributed by atoms with E-state index >= 15 is 0 Å². The molecule has 0 bridgehead atoms.